The van der Waals surface area contributed by atoms with E-state index in [2.05, 4.69) is 15.6 Å². The zero-order chi connectivity index (χ0) is 25.3. The van der Waals surface area contributed by atoms with Crippen molar-refractivity contribution in [2.45, 2.75) is 38.9 Å². The van der Waals surface area contributed by atoms with Crippen LogP contribution in [0.4, 0.5) is 5.69 Å². The molecule has 1 atom stereocenters. The Morgan fingerprint density at radius 3 is 2.64 bits per heavy atom. The molecule has 2 aromatic heterocycles. The van der Waals surface area contributed by atoms with Crippen LogP contribution in [-0.2, 0) is 16.1 Å². The second-order valence-electron chi connectivity index (χ2n) is 9.53. The molecule has 2 aromatic carbocycles. The molecule has 3 heterocycles. The molecule has 36 heavy (non-hydrogen) atoms. The Kier molecular flexibility index (Phi) is 6.36. The van der Waals surface area contributed by atoms with Crippen LogP contribution in [0, 0.1) is 0 Å². The fourth-order valence-corrected chi connectivity index (χ4v) is 4.82. The van der Waals surface area contributed by atoms with Gasteiger partial charge in [-0.05, 0) is 67.4 Å². The van der Waals surface area contributed by atoms with Crippen LogP contribution in [0.3, 0.4) is 0 Å². The number of amides is 2. The zero-order valence-electron chi connectivity index (χ0n) is 20.3. The first-order valence-electron chi connectivity index (χ1n) is 11.6. The van der Waals surface area contributed by atoms with E-state index < -0.39 is 11.6 Å². The van der Waals surface area contributed by atoms with Gasteiger partial charge in [-0.3, -0.25) is 14.5 Å². The number of aromatic nitrogens is 3. The summed E-state index contributed by atoms with van der Waals surface area (Å²) in [5.74, 6) is 0.532. The van der Waals surface area contributed by atoms with E-state index in [0.29, 0.717) is 41.5 Å². The van der Waals surface area contributed by atoms with Gasteiger partial charge in [0.2, 0.25) is 11.8 Å². The predicted molar refractivity (Wildman–Crippen MR) is 137 cm³/mol. The first-order chi connectivity index (χ1) is 17.3. The van der Waals surface area contributed by atoms with Gasteiger partial charge in [-0.15, -0.1) is 5.10 Å². The monoisotopic (exact) mass is 505 g/mol. The fraction of sp³-hybridized carbons (Fsp3) is 0.308. The standard InChI is InChI=1S/C26H27N5O4S/c1-26(2,3)27-25(33)24(17-10-13-36-16-17)31(18-8-9-21-22(14-18)35-12-11-34-21)23(32)15-30-20-7-5-4-6-19(20)28-29-30/h4-10,13-14,16,24H,11-12,15H2,1-3H3,(H,27,33)/t24-/m1/s1. The number of para-hydroxylation sites is 1. The third-order valence-corrected chi connectivity index (χ3v) is 6.34. The molecule has 0 saturated heterocycles. The average Bonchev–Trinajstić information content (AvgIpc) is 3.51. The lowest BCUT2D eigenvalue weighted by molar-refractivity contribution is -0.128. The maximum atomic E-state index is 14.0. The first kappa shape index (κ1) is 23.8. The number of ether oxygens (including phenoxy) is 2. The Morgan fingerprint density at radius 2 is 1.89 bits per heavy atom. The number of hydrogen-bond acceptors (Lipinski definition) is 7. The molecular formula is C26H27N5O4S. The van der Waals surface area contributed by atoms with Gasteiger partial charge in [0.15, 0.2) is 11.5 Å². The zero-order valence-corrected chi connectivity index (χ0v) is 21.1. The molecule has 0 bridgehead atoms. The lowest BCUT2D eigenvalue weighted by Crippen LogP contribution is -2.50. The van der Waals surface area contributed by atoms with Gasteiger partial charge in [-0.1, -0.05) is 17.3 Å². The van der Waals surface area contributed by atoms with Gasteiger partial charge in [-0.2, -0.15) is 11.3 Å². The third kappa shape index (κ3) is 4.90. The summed E-state index contributed by atoms with van der Waals surface area (Å²) in [5.41, 5.74) is 2.17. The van der Waals surface area contributed by atoms with E-state index in [9.17, 15) is 9.59 Å². The second kappa shape index (κ2) is 9.62. The van der Waals surface area contributed by atoms with Crippen molar-refractivity contribution in [3.05, 3.63) is 64.9 Å². The molecule has 0 aliphatic carbocycles. The maximum absolute atomic E-state index is 14.0. The topological polar surface area (TPSA) is 98.6 Å². The van der Waals surface area contributed by atoms with E-state index in [1.807, 2.05) is 61.9 Å². The smallest absolute Gasteiger partial charge is 0.249 e. The quantitative estimate of drug-likeness (QED) is 0.426. The minimum atomic E-state index is -0.902. The Hall–Kier alpha value is -3.92. The van der Waals surface area contributed by atoms with Gasteiger partial charge >= 0.3 is 0 Å². The van der Waals surface area contributed by atoms with Crippen LogP contribution in [0.1, 0.15) is 32.4 Å². The highest BCUT2D eigenvalue weighted by atomic mass is 32.1. The molecular weight excluding hydrogens is 478 g/mol. The van der Waals surface area contributed by atoms with E-state index in [0.717, 1.165) is 5.52 Å². The molecule has 186 valence electrons. The number of rotatable bonds is 6. The Labute approximate surface area is 212 Å². The van der Waals surface area contributed by atoms with Crippen LogP contribution in [0.5, 0.6) is 11.5 Å². The van der Waals surface area contributed by atoms with E-state index in [1.165, 1.54) is 16.2 Å². The molecule has 10 heteroatoms. The van der Waals surface area contributed by atoms with Crippen molar-refractivity contribution in [3.63, 3.8) is 0 Å². The lowest BCUT2D eigenvalue weighted by Gasteiger charge is -2.34. The Morgan fingerprint density at radius 1 is 1.11 bits per heavy atom. The summed E-state index contributed by atoms with van der Waals surface area (Å²) in [6.45, 7) is 6.50. The van der Waals surface area contributed by atoms with Gasteiger partial charge in [0.25, 0.3) is 0 Å². The summed E-state index contributed by atoms with van der Waals surface area (Å²) < 4.78 is 13.0. The van der Waals surface area contributed by atoms with Crippen molar-refractivity contribution in [1.82, 2.24) is 20.3 Å². The molecule has 0 fully saturated rings. The number of benzene rings is 2. The molecule has 0 radical (unpaired) electrons. The van der Waals surface area contributed by atoms with Crippen LogP contribution >= 0.6 is 11.3 Å². The van der Waals surface area contributed by atoms with Crippen molar-refractivity contribution in [2.75, 3.05) is 18.1 Å². The second-order valence-corrected chi connectivity index (χ2v) is 10.3. The number of thiophene rings is 1. The van der Waals surface area contributed by atoms with Crippen molar-refractivity contribution >= 4 is 39.9 Å². The molecule has 2 amide bonds. The van der Waals surface area contributed by atoms with Gasteiger partial charge in [-0.25, -0.2) is 4.68 Å². The molecule has 1 N–H and O–H groups in total. The third-order valence-electron chi connectivity index (χ3n) is 5.64. The van der Waals surface area contributed by atoms with Crippen LogP contribution in [0.25, 0.3) is 11.0 Å². The molecule has 1 aliphatic heterocycles. The summed E-state index contributed by atoms with van der Waals surface area (Å²) in [6, 6.07) is 13.7. The van der Waals surface area contributed by atoms with Gasteiger partial charge < -0.3 is 14.8 Å². The Bertz CT molecular complexity index is 1390. The summed E-state index contributed by atoms with van der Waals surface area (Å²) in [4.78, 5) is 29.2. The highest BCUT2D eigenvalue weighted by Crippen LogP contribution is 2.37. The van der Waals surface area contributed by atoms with E-state index >= 15 is 0 Å². The summed E-state index contributed by atoms with van der Waals surface area (Å²) >= 11 is 1.47. The summed E-state index contributed by atoms with van der Waals surface area (Å²) in [5, 5.41) is 15.2. The van der Waals surface area contributed by atoms with Crippen LogP contribution in [0.15, 0.2) is 59.3 Å². The number of nitrogens with one attached hydrogen (secondary N) is 1. The SMILES string of the molecule is CC(C)(C)NC(=O)[C@@H](c1ccsc1)N(C(=O)Cn1nnc2ccccc21)c1ccc2c(c1)OCCO2. The Balaban J connectivity index is 1.59. The number of nitrogens with zero attached hydrogens (tertiary/aromatic N) is 4. The fourth-order valence-electron chi connectivity index (χ4n) is 4.14. The molecule has 5 rings (SSSR count). The van der Waals surface area contributed by atoms with Crippen molar-refractivity contribution in [2.24, 2.45) is 0 Å². The molecule has 0 saturated carbocycles. The van der Waals surface area contributed by atoms with Crippen molar-refractivity contribution < 1.29 is 19.1 Å². The van der Waals surface area contributed by atoms with E-state index in [1.54, 1.807) is 22.9 Å². The van der Waals surface area contributed by atoms with Crippen LogP contribution in [-0.4, -0.2) is 45.6 Å². The van der Waals surface area contributed by atoms with Gasteiger partial charge in [0.05, 0.1) is 5.52 Å². The normalized spacial score (nSPS) is 13.9. The molecule has 0 spiro atoms. The highest BCUT2D eigenvalue weighted by molar-refractivity contribution is 7.08. The number of carbonyl (C=O) groups is 2. The predicted octanol–water partition coefficient (Wildman–Crippen LogP) is 3.95. The van der Waals surface area contributed by atoms with Gasteiger partial charge in [0, 0.05) is 17.3 Å². The van der Waals surface area contributed by atoms with E-state index in [-0.39, 0.29) is 18.4 Å². The first-order valence-corrected chi connectivity index (χ1v) is 12.6. The summed E-state index contributed by atoms with van der Waals surface area (Å²) in [6.07, 6.45) is 0. The molecule has 0 unspecified atom stereocenters. The molecule has 9 nitrogen and oxygen atoms in total. The van der Waals surface area contributed by atoms with Crippen LogP contribution in [0.2, 0.25) is 0 Å². The largest absolute Gasteiger partial charge is 0.486 e. The van der Waals surface area contributed by atoms with Gasteiger partial charge in [0.1, 0.15) is 31.3 Å². The summed E-state index contributed by atoms with van der Waals surface area (Å²) in [7, 11) is 0. The minimum Gasteiger partial charge on any atom is -0.486 e. The molecule has 1 aliphatic rings. The van der Waals surface area contributed by atoms with Crippen molar-refractivity contribution in [3.8, 4) is 11.5 Å². The number of carbonyl (C=O) groups excluding carboxylic acids is 2. The minimum absolute atomic E-state index is 0.0988. The molecule has 4 aromatic rings. The number of fused-ring (bicyclic) bond motifs is 2. The number of hydrogen-bond donors (Lipinski definition) is 1. The van der Waals surface area contributed by atoms with Crippen LogP contribution < -0.4 is 19.7 Å². The lowest BCUT2D eigenvalue weighted by atomic mass is 10.0. The maximum Gasteiger partial charge on any atom is 0.249 e. The van der Waals surface area contributed by atoms with Crippen molar-refractivity contribution in [1.29, 1.82) is 0 Å². The van der Waals surface area contributed by atoms with E-state index in [4.69, 9.17) is 9.47 Å². The average molecular weight is 506 g/mol. The number of anilines is 1. The highest BCUT2D eigenvalue weighted by Gasteiger charge is 2.35.